The van der Waals surface area contributed by atoms with Gasteiger partial charge in [-0.05, 0) is 80.4 Å². The zero-order valence-corrected chi connectivity index (χ0v) is 23.0. The number of piperidine rings is 1. The average molecular weight is 546 g/mol. The van der Waals surface area contributed by atoms with E-state index in [0.29, 0.717) is 12.0 Å². The highest BCUT2D eigenvalue weighted by molar-refractivity contribution is 5.81. The molecule has 0 saturated carbocycles. The number of aliphatic hydroxyl groups is 2. The minimum Gasteiger partial charge on any atom is -0.480 e. The van der Waals surface area contributed by atoms with Gasteiger partial charge in [0.25, 0.3) is 6.47 Å². The normalized spacial score (nSPS) is 17.1. The van der Waals surface area contributed by atoms with E-state index < -0.39 is 23.1 Å². The third-order valence-corrected chi connectivity index (χ3v) is 8.40. The van der Waals surface area contributed by atoms with Gasteiger partial charge in [0, 0.05) is 0 Å². The lowest BCUT2D eigenvalue weighted by Gasteiger charge is -2.42. The quantitative estimate of drug-likeness (QED) is 0.268. The molecule has 1 heterocycles. The molecule has 3 aromatic carbocycles. The van der Waals surface area contributed by atoms with Crippen LogP contribution in [-0.2, 0) is 25.3 Å². The fourth-order valence-electron chi connectivity index (χ4n) is 5.81. The summed E-state index contributed by atoms with van der Waals surface area (Å²) in [4.78, 5) is 24.8. The summed E-state index contributed by atoms with van der Waals surface area (Å²) in [6, 6.07) is 26.7. The summed E-state index contributed by atoms with van der Waals surface area (Å²) in [7, 11) is 0. The molecule has 1 saturated heterocycles. The third kappa shape index (κ3) is 6.44. The minimum atomic E-state index is -1.36. The summed E-state index contributed by atoms with van der Waals surface area (Å²) in [5.41, 5.74) is 0.688. The van der Waals surface area contributed by atoms with Crippen LogP contribution in [0.25, 0.3) is 0 Å². The molecule has 1 aliphatic heterocycles. The molecule has 0 amide bonds. The number of nitrogens with zero attached hydrogens (tertiary/aromatic N) is 1. The number of benzene rings is 3. The molecule has 2 unspecified atom stereocenters. The Morgan fingerprint density at radius 2 is 1.50 bits per heavy atom. The molecule has 0 radical (unpaired) electrons. The second-order valence-electron chi connectivity index (χ2n) is 10.9. The number of hydrogen-bond acceptors (Lipinski definition) is 6. The molecule has 3 N–H and O–H groups in total. The van der Waals surface area contributed by atoms with Gasteiger partial charge < -0.3 is 25.0 Å². The van der Waals surface area contributed by atoms with Crippen molar-refractivity contribution in [2.75, 3.05) is 26.2 Å². The van der Waals surface area contributed by atoms with E-state index in [0.717, 1.165) is 55.6 Å². The maximum atomic E-state index is 12.1. The monoisotopic (exact) mass is 545 g/mol. The van der Waals surface area contributed by atoms with Crippen LogP contribution in [-0.4, -0.2) is 58.9 Å². The van der Waals surface area contributed by atoms with E-state index in [4.69, 9.17) is 4.74 Å². The van der Waals surface area contributed by atoms with E-state index in [1.54, 1.807) is 24.3 Å². The molecular formula is C33H39NO6. The smallest absolute Gasteiger partial charge is 0.317 e. The fourth-order valence-corrected chi connectivity index (χ4v) is 5.81. The molecule has 2 atom stereocenters. The molecule has 0 spiro atoms. The standard InChI is InChI=1S/C33H39NO6/c1-32(31(37)38,23-40-24-35)26-16-14-25(15-17-26)30(36)13-8-20-34-21-18-29(19-22-34)33(39,27-9-4-2-5-10-27)28-11-6-3-7-12-28/h2-7,9-12,14-17,24,29-30,36,39H,8,13,18-23H2,1H3,(H,37,38). The molecule has 0 aliphatic carbocycles. The van der Waals surface area contributed by atoms with E-state index in [1.165, 1.54) is 6.92 Å². The van der Waals surface area contributed by atoms with Gasteiger partial charge >= 0.3 is 5.97 Å². The lowest BCUT2D eigenvalue weighted by molar-refractivity contribution is -0.147. The SMILES string of the molecule is CC(COC=O)(C(=O)O)c1ccc(C(O)CCCN2CCC(C(O)(c3ccccc3)c3ccccc3)CC2)cc1. The third-order valence-electron chi connectivity index (χ3n) is 8.40. The van der Waals surface area contributed by atoms with E-state index in [1.807, 2.05) is 60.7 Å². The first-order valence-corrected chi connectivity index (χ1v) is 13.9. The van der Waals surface area contributed by atoms with Crippen LogP contribution in [0.5, 0.6) is 0 Å². The van der Waals surface area contributed by atoms with Gasteiger partial charge in [-0.25, -0.2) is 0 Å². The van der Waals surface area contributed by atoms with Crippen LogP contribution >= 0.6 is 0 Å². The van der Waals surface area contributed by atoms with E-state index >= 15 is 0 Å². The van der Waals surface area contributed by atoms with Crippen molar-refractivity contribution < 1.29 is 29.6 Å². The molecular weight excluding hydrogens is 506 g/mol. The van der Waals surface area contributed by atoms with Crippen LogP contribution in [0.3, 0.4) is 0 Å². The number of carboxylic acid groups (broad SMARTS) is 1. The Kier molecular flexibility index (Phi) is 9.74. The predicted molar refractivity (Wildman–Crippen MR) is 153 cm³/mol. The Bertz CT molecular complexity index is 1190. The Hall–Kier alpha value is -3.52. The van der Waals surface area contributed by atoms with Gasteiger partial charge in [0.1, 0.15) is 17.6 Å². The molecule has 7 nitrogen and oxygen atoms in total. The van der Waals surface area contributed by atoms with Crippen LogP contribution in [0.2, 0.25) is 0 Å². The summed E-state index contributed by atoms with van der Waals surface area (Å²) < 4.78 is 4.74. The second-order valence-corrected chi connectivity index (χ2v) is 10.9. The van der Waals surface area contributed by atoms with Crippen molar-refractivity contribution in [3.8, 4) is 0 Å². The topological polar surface area (TPSA) is 107 Å². The van der Waals surface area contributed by atoms with Crippen LogP contribution < -0.4 is 0 Å². The molecule has 1 fully saturated rings. The summed E-state index contributed by atoms with van der Waals surface area (Å²) in [6.07, 6.45) is 2.49. The highest BCUT2D eigenvalue weighted by Gasteiger charge is 2.41. The number of hydrogen-bond donors (Lipinski definition) is 3. The van der Waals surface area contributed by atoms with Gasteiger partial charge in [0.15, 0.2) is 0 Å². The van der Waals surface area contributed by atoms with Crippen molar-refractivity contribution in [3.63, 3.8) is 0 Å². The molecule has 0 bridgehead atoms. The maximum Gasteiger partial charge on any atom is 0.317 e. The molecule has 40 heavy (non-hydrogen) atoms. The summed E-state index contributed by atoms with van der Waals surface area (Å²) in [5, 5.41) is 32.5. The van der Waals surface area contributed by atoms with Gasteiger partial charge in [-0.15, -0.1) is 0 Å². The van der Waals surface area contributed by atoms with Gasteiger partial charge in [-0.2, -0.15) is 0 Å². The number of ether oxygens (including phenoxy) is 1. The zero-order valence-electron chi connectivity index (χ0n) is 23.0. The number of rotatable bonds is 13. The van der Waals surface area contributed by atoms with Crippen molar-refractivity contribution in [2.24, 2.45) is 5.92 Å². The lowest BCUT2D eigenvalue weighted by atomic mass is 9.72. The van der Waals surface area contributed by atoms with Crippen molar-refractivity contribution in [1.82, 2.24) is 4.90 Å². The van der Waals surface area contributed by atoms with Crippen molar-refractivity contribution in [1.29, 1.82) is 0 Å². The van der Waals surface area contributed by atoms with Crippen LogP contribution in [0, 0.1) is 5.92 Å². The van der Waals surface area contributed by atoms with Gasteiger partial charge in [0.05, 0.1) is 6.10 Å². The second kappa shape index (κ2) is 13.2. The molecule has 212 valence electrons. The Balaban J connectivity index is 1.31. The van der Waals surface area contributed by atoms with Crippen molar-refractivity contribution in [2.45, 2.75) is 49.7 Å². The highest BCUT2D eigenvalue weighted by atomic mass is 16.5. The van der Waals surface area contributed by atoms with E-state index in [9.17, 15) is 24.9 Å². The first-order valence-electron chi connectivity index (χ1n) is 13.9. The van der Waals surface area contributed by atoms with Gasteiger partial charge in [-0.1, -0.05) is 84.9 Å². The Morgan fingerprint density at radius 1 is 0.950 bits per heavy atom. The molecule has 1 aliphatic rings. The largest absolute Gasteiger partial charge is 0.480 e. The Labute approximate surface area is 236 Å². The zero-order chi connectivity index (χ0) is 28.6. The number of aliphatic hydroxyl groups excluding tert-OH is 1. The highest BCUT2D eigenvalue weighted by Crippen LogP contribution is 2.42. The average Bonchev–Trinajstić information content (AvgIpc) is 3.00. The minimum absolute atomic E-state index is 0.103. The first kappa shape index (κ1) is 29.5. The number of carbonyl (C=O) groups excluding carboxylic acids is 1. The summed E-state index contributed by atoms with van der Waals surface area (Å²) in [6.45, 7) is 4.11. The number of likely N-dealkylation sites (tertiary alicyclic amines) is 1. The van der Waals surface area contributed by atoms with E-state index in [-0.39, 0.29) is 19.0 Å². The molecule has 0 aromatic heterocycles. The Morgan fingerprint density at radius 3 is 2.00 bits per heavy atom. The fraction of sp³-hybridized carbons (Fsp3) is 0.394. The van der Waals surface area contributed by atoms with Crippen molar-refractivity contribution >= 4 is 12.4 Å². The van der Waals surface area contributed by atoms with Gasteiger partial charge in [0.2, 0.25) is 0 Å². The van der Waals surface area contributed by atoms with Gasteiger partial charge in [-0.3, -0.25) is 9.59 Å². The molecule has 3 aromatic rings. The number of carbonyl (C=O) groups is 2. The van der Waals surface area contributed by atoms with Crippen LogP contribution in [0.1, 0.15) is 61.0 Å². The summed E-state index contributed by atoms with van der Waals surface area (Å²) >= 11 is 0. The predicted octanol–water partition coefficient (Wildman–Crippen LogP) is 4.66. The first-order chi connectivity index (χ1) is 19.3. The summed E-state index contributed by atoms with van der Waals surface area (Å²) in [5.74, 6) is -0.983. The maximum absolute atomic E-state index is 12.1. The van der Waals surface area contributed by atoms with Crippen LogP contribution in [0.4, 0.5) is 0 Å². The van der Waals surface area contributed by atoms with E-state index in [2.05, 4.69) is 4.90 Å². The molecule has 4 rings (SSSR count). The van der Waals surface area contributed by atoms with Crippen molar-refractivity contribution in [3.05, 3.63) is 107 Å². The van der Waals surface area contributed by atoms with Crippen LogP contribution in [0.15, 0.2) is 84.9 Å². The molecule has 7 heteroatoms. The number of carboxylic acids is 1. The number of aliphatic carboxylic acids is 1. The lowest BCUT2D eigenvalue weighted by Crippen LogP contribution is -2.44.